The lowest BCUT2D eigenvalue weighted by Gasteiger charge is -1.99. The number of nitrogens with zero attached hydrogens (tertiary/aromatic N) is 2. The van der Waals surface area contributed by atoms with E-state index in [0.29, 0.717) is 5.56 Å². The minimum absolute atomic E-state index is 0.651. The number of thiazole rings is 1. The zero-order chi connectivity index (χ0) is 13.9. The summed E-state index contributed by atoms with van der Waals surface area (Å²) in [7, 11) is 0. The molecule has 3 rings (SSSR count). The first-order valence-electron chi connectivity index (χ1n) is 5.99. The summed E-state index contributed by atoms with van der Waals surface area (Å²) in [4.78, 5) is 4.67. The van der Waals surface area contributed by atoms with Gasteiger partial charge in [-0.1, -0.05) is 46.3 Å². The van der Waals surface area contributed by atoms with Crippen LogP contribution < -0.4 is 0 Å². The van der Waals surface area contributed by atoms with Crippen LogP contribution in [0.1, 0.15) is 5.56 Å². The van der Waals surface area contributed by atoms with E-state index in [1.54, 1.807) is 17.4 Å². The number of benzene rings is 2. The van der Waals surface area contributed by atoms with Crippen molar-refractivity contribution in [3.63, 3.8) is 0 Å². The second-order valence-corrected chi connectivity index (χ2v) is 5.92. The Hall–Kier alpha value is -1.96. The summed E-state index contributed by atoms with van der Waals surface area (Å²) in [5.74, 6) is 0. The molecule has 4 heteroatoms. The van der Waals surface area contributed by atoms with Crippen molar-refractivity contribution in [2.75, 3.05) is 0 Å². The average Bonchev–Trinajstić information content (AvgIpc) is 2.97. The smallest absolute Gasteiger partial charge is 0.125 e. The third-order valence-corrected chi connectivity index (χ3v) is 4.46. The Bertz CT molecular complexity index is 802. The van der Waals surface area contributed by atoms with Crippen LogP contribution in [0.3, 0.4) is 0 Å². The van der Waals surface area contributed by atoms with Crippen LogP contribution >= 0.6 is 27.3 Å². The van der Waals surface area contributed by atoms with Gasteiger partial charge in [-0.3, -0.25) is 0 Å². The molecule has 1 aromatic heterocycles. The molecule has 0 bridgehead atoms. The first-order chi connectivity index (χ1) is 9.78. The third-order valence-electron chi connectivity index (χ3n) is 2.90. The zero-order valence-electron chi connectivity index (χ0n) is 10.4. The molecule has 0 atom stereocenters. The van der Waals surface area contributed by atoms with Gasteiger partial charge in [0.2, 0.25) is 0 Å². The van der Waals surface area contributed by atoms with Crippen molar-refractivity contribution in [1.82, 2.24) is 4.98 Å². The van der Waals surface area contributed by atoms with E-state index in [9.17, 15) is 0 Å². The maximum Gasteiger partial charge on any atom is 0.125 e. The fourth-order valence-corrected chi connectivity index (χ4v) is 3.38. The van der Waals surface area contributed by atoms with Crippen LogP contribution in [-0.4, -0.2) is 4.98 Å². The first-order valence-corrected chi connectivity index (χ1v) is 7.66. The predicted molar refractivity (Wildman–Crippen MR) is 85.4 cm³/mol. The summed E-state index contributed by atoms with van der Waals surface area (Å²) in [6.07, 6.45) is 0. The van der Waals surface area contributed by atoms with E-state index >= 15 is 0 Å². The number of hydrogen-bond acceptors (Lipinski definition) is 3. The average molecular weight is 341 g/mol. The molecule has 0 spiro atoms. The normalized spacial score (nSPS) is 10.2. The predicted octanol–water partition coefficient (Wildman–Crippen LogP) is 5.11. The Morgan fingerprint density at radius 1 is 1.10 bits per heavy atom. The van der Waals surface area contributed by atoms with Crippen LogP contribution in [0.15, 0.2) is 58.4 Å². The molecule has 3 aromatic rings. The van der Waals surface area contributed by atoms with Gasteiger partial charge in [-0.05, 0) is 18.2 Å². The maximum atomic E-state index is 8.95. The van der Waals surface area contributed by atoms with Gasteiger partial charge in [0.05, 0.1) is 17.3 Å². The van der Waals surface area contributed by atoms with Gasteiger partial charge in [0.15, 0.2) is 0 Å². The molecule has 0 N–H and O–H groups in total. The first kappa shape index (κ1) is 13.0. The lowest BCUT2D eigenvalue weighted by Crippen LogP contribution is -1.82. The van der Waals surface area contributed by atoms with Crippen molar-refractivity contribution < 1.29 is 0 Å². The van der Waals surface area contributed by atoms with Gasteiger partial charge in [0.25, 0.3) is 0 Å². The molecule has 0 saturated carbocycles. The quantitative estimate of drug-likeness (QED) is 0.649. The fraction of sp³-hybridized carbons (Fsp3) is 0. The summed E-state index contributed by atoms with van der Waals surface area (Å²) < 4.78 is 1.03. The number of halogens is 1. The standard InChI is InChI=1S/C16H9BrN2S/c17-14-7-2-1-6-13(14)16-19-15(10-20-16)12-5-3-4-11(8-12)9-18/h1-8,10H. The van der Waals surface area contributed by atoms with Gasteiger partial charge in [-0.2, -0.15) is 5.26 Å². The summed E-state index contributed by atoms with van der Waals surface area (Å²) in [6.45, 7) is 0. The molecule has 0 radical (unpaired) electrons. The molecule has 0 amide bonds. The van der Waals surface area contributed by atoms with Gasteiger partial charge in [-0.15, -0.1) is 11.3 Å². The van der Waals surface area contributed by atoms with Crippen molar-refractivity contribution in [2.45, 2.75) is 0 Å². The highest BCUT2D eigenvalue weighted by Gasteiger charge is 2.09. The topological polar surface area (TPSA) is 36.7 Å². The van der Waals surface area contributed by atoms with Crippen LogP contribution in [0.5, 0.6) is 0 Å². The SMILES string of the molecule is N#Cc1cccc(-c2csc(-c3ccccc3Br)n2)c1. The monoisotopic (exact) mass is 340 g/mol. The third kappa shape index (κ3) is 2.51. The Morgan fingerprint density at radius 3 is 2.75 bits per heavy atom. The Balaban J connectivity index is 2.02. The van der Waals surface area contributed by atoms with Gasteiger partial charge in [-0.25, -0.2) is 4.98 Å². The Morgan fingerprint density at radius 2 is 1.95 bits per heavy atom. The van der Waals surface area contributed by atoms with Gasteiger partial charge in [0.1, 0.15) is 5.01 Å². The van der Waals surface area contributed by atoms with Crippen molar-refractivity contribution in [1.29, 1.82) is 5.26 Å². The van der Waals surface area contributed by atoms with Crippen LogP contribution in [0, 0.1) is 11.3 Å². The fourth-order valence-electron chi connectivity index (χ4n) is 1.91. The highest BCUT2D eigenvalue weighted by Crippen LogP contribution is 2.33. The number of aromatic nitrogens is 1. The lowest BCUT2D eigenvalue weighted by atomic mass is 10.1. The Labute approximate surface area is 129 Å². The molecule has 2 aromatic carbocycles. The van der Waals surface area contributed by atoms with Crippen LogP contribution in [0.2, 0.25) is 0 Å². The van der Waals surface area contributed by atoms with E-state index < -0.39 is 0 Å². The van der Waals surface area contributed by atoms with E-state index in [1.807, 2.05) is 47.8 Å². The van der Waals surface area contributed by atoms with Crippen LogP contribution in [0.25, 0.3) is 21.8 Å². The van der Waals surface area contributed by atoms with E-state index in [-0.39, 0.29) is 0 Å². The molecule has 1 heterocycles. The van der Waals surface area contributed by atoms with E-state index in [2.05, 4.69) is 27.0 Å². The molecule has 0 aliphatic carbocycles. The molecule has 0 unspecified atom stereocenters. The summed E-state index contributed by atoms with van der Waals surface area (Å²) in [5.41, 5.74) is 3.61. The summed E-state index contributed by atoms with van der Waals surface area (Å²) in [5, 5.41) is 11.9. The maximum absolute atomic E-state index is 8.95. The molecule has 0 saturated heterocycles. The molecular weight excluding hydrogens is 332 g/mol. The highest BCUT2D eigenvalue weighted by molar-refractivity contribution is 9.10. The highest BCUT2D eigenvalue weighted by atomic mass is 79.9. The molecule has 0 fully saturated rings. The summed E-state index contributed by atoms with van der Waals surface area (Å²) in [6, 6.07) is 17.7. The number of hydrogen-bond donors (Lipinski definition) is 0. The van der Waals surface area contributed by atoms with Gasteiger partial charge in [0, 0.05) is 21.0 Å². The second-order valence-electron chi connectivity index (χ2n) is 4.21. The van der Waals surface area contributed by atoms with Crippen LogP contribution in [-0.2, 0) is 0 Å². The molecule has 20 heavy (non-hydrogen) atoms. The number of nitriles is 1. The van der Waals surface area contributed by atoms with Gasteiger partial charge < -0.3 is 0 Å². The van der Waals surface area contributed by atoms with E-state index in [4.69, 9.17) is 5.26 Å². The lowest BCUT2D eigenvalue weighted by molar-refractivity contribution is 1.39. The summed E-state index contributed by atoms with van der Waals surface area (Å²) >= 11 is 5.15. The minimum atomic E-state index is 0.651. The zero-order valence-corrected chi connectivity index (χ0v) is 12.8. The van der Waals surface area contributed by atoms with Crippen molar-refractivity contribution in [3.8, 4) is 27.9 Å². The molecular formula is C16H9BrN2S. The van der Waals surface area contributed by atoms with Crippen molar-refractivity contribution in [3.05, 3.63) is 63.9 Å². The van der Waals surface area contributed by atoms with Crippen molar-refractivity contribution in [2.24, 2.45) is 0 Å². The van der Waals surface area contributed by atoms with Crippen molar-refractivity contribution >= 4 is 27.3 Å². The molecule has 96 valence electrons. The van der Waals surface area contributed by atoms with Gasteiger partial charge >= 0.3 is 0 Å². The van der Waals surface area contributed by atoms with E-state index in [0.717, 1.165) is 26.3 Å². The largest absolute Gasteiger partial charge is 0.236 e. The molecule has 0 aliphatic rings. The minimum Gasteiger partial charge on any atom is -0.236 e. The molecule has 2 nitrogen and oxygen atoms in total. The Kier molecular flexibility index (Phi) is 3.64. The van der Waals surface area contributed by atoms with E-state index in [1.165, 1.54) is 0 Å². The number of rotatable bonds is 2. The molecule has 0 aliphatic heterocycles. The van der Waals surface area contributed by atoms with Crippen LogP contribution in [0.4, 0.5) is 0 Å². The second kappa shape index (κ2) is 5.58.